The molecule has 1 amide bonds. The van der Waals surface area contributed by atoms with Gasteiger partial charge in [0.1, 0.15) is 0 Å². The van der Waals surface area contributed by atoms with Gasteiger partial charge in [0.2, 0.25) is 5.91 Å². The topological polar surface area (TPSA) is 55.1 Å². The zero-order valence-electron chi connectivity index (χ0n) is 11.8. The molecule has 0 spiro atoms. The number of hydrogen-bond donors (Lipinski definition) is 2. The average Bonchev–Trinajstić information content (AvgIpc) is 1.96. The summed E-state index contributed by atoms with van der Waals surface area (Å²) in [5.41, 5.74) is 5.81. The summed E-state index contributed by atoms with van der Waals surface area (Å²) in [6, 6.07) is -0.417. The Morgan fingerprint density at radius 3 is 1.94 bits per heavy atom. The van der Waals surface area contributed by atoms with Crippen LogP contribution in [0.2, 0.25) is 0 Å². The van der Waals surface area contributed by atoms with E-state index in [1.807, 2.05) is 27.7 Å². The SMILES string of the molecule is CC(C)[C@H](N)C(=O)NC(C)(C)CC(C)(C)C. The van der Waals surface area contributed by atoms with Gasteiger partial charge in [0.25, 0.3) is 0 Å². The predicted octanol–water partition coefficient (Wildman–Crippen LogP) is 2.30. The van der Waals surface area contributed by atoms with Gasteiger partial charge in [-0.05, 0) is 31.6 Å². The number of carbonyl (C=O) groups is 1. The highest BCUT2D eigenvalue weighted by Gasteiger charge is 2.29. The van der Waals surface area contributed by atoms with Crippen LogP contribution < -0.4 is 11.1 Å². The molecule has 3 nitrogen and oxygen atoms in total. The van der Waals surface area contributed by atoms with Gasteiger partial charge in [-0.3, -0.25) is 4.79 Å². The van der Waals surface area contributed by atoms with Crippen LogP contribution in [0, 0.1) is 11.3 Å². The Balaban J connectivity index is 4.42. The second kappa shape index (κ2) is 5.17. The van der Waals surface area contributed by atoms with E-state index in [9.17, 15) is 4.79 Å². The summed E-state index contributed by atoms with van der Waals surface area (Å²) >= 11 is 0. The molecule has 0 aliphatic rings. The van der Waals surface area contributed by atoms with Crippen LogP contribution in [0.15, 0.2) is 0 Å². The van der Waals surface area contributed by atoms with E-state index >= 15 is 0 Å². The lowest BCUT2D eigenvalue weighted by Gasteiger charge is -2.34. The van der Waals surface area contributed by atoms with Crippen LogP contribution in [0.25, 0.3) is 0 Å². The molecule has 96 valence electrons. The lowest BCUT2D eigenvalue weighted by atomic mass is 9.81. The van der Waals surface area contributed by atoms with Crippen LogP contribution in [-0.2, 0) is 4.79 Å². The summed E-state index contributed by atoms with van der Waals surface area (Å²) in [5.74, 6) is 0.120. The number of nitrogens with two attached hydrogens (primary N) is 1. The van der Waals surface area contributed by atoms with Gasteiger partial charge in [-0.1, -0.05) is 34.6 Å². The highest BCUT2D eigenvalue weighted by Crippen LogP contribution is 2.26. The fourth-order valence-corrected chi connectivity index (χ4v) is 2.09. The van der Waals surface area contributed by atoms with Crippen molar-refractivity contribution in [1.82, 2.24) is 5.32 Å². The minimum Gasteiger partial charge on any atom is -0.350 e. The van der Waals surface area contributed by atoms with Crippen LogP contribution >= 0.6 is 0 Å². The van der Waals surface area contributed by atoms with Crippen LogP contribution in [-0.4, -0.2) is 17.5 Å². The van der Waals surface area contributed by atoms with Crippen LogP contribution in [0.4, 0.5) is 0 Å². The Bertz CT molecular complexity index is 239. The van der Waals surface area contributed by atoms with Crippen molar-refractivity contribution in [1.29, 1.82) is 0 Å². The van der Waals surface area contributed by atoms with E-state index in [0.717, 1.165) is 6.42 Å². The third-order valence-electron chi connectivity index (χ3n) is 2.45. The maximum atomic E-state index is 11.8. The molecule has 0 aliphatic heterocycles. The van der Waals surface area contributed by atoms with Gasteiger partial charge < -0.3 is 11.1 Å². The molecule has 3 heteroatoms. The van der Waals surface area contributed by atoms with Crippen LogP contribution in [0.5, 0.6) is 0 Å². The van der Waals surface area contributed by atoms with Crippen LogP contribution in [0.1, 0.15) is 54.9 Å². The van der Waals surface area contributed by atoms with Gasteiger partial charge in [0, 0.05) is 5.54 Å². The van der Waals surface area contributed by atoms with Gasteiger partial charge in [0.05, 0.1) is 6.04 Å². The fourth-order valence-electron chi connectivity index (χ4n) is 2.09. The summed E-state index contributed by atoms with van der Waals surface area (Å²) in [4.78, 5) is 11.8. The van der Waals surface area contributed by atoms with Crippen molar-refractivity contribution in [2.45, 2.75) is 66.5 Å². The zero-order valence-corrected chi connectivity index (χ0v) is 11.8. The Labute approximate surface area is 100 Å². The molecule has 0 aromatic carbocycles. The van der Waals surface area contributed by atoms with Crippen molar-refractivity contribution < 1.29 is 4.79 Å². The molecule has 0 aliphatic carbocycles. The highest BCUT2D eigenvalue weighted by molar-refractivity contribution is 5.82. The van der Waals surface area contributed by atoms with Gasteiger partial charge in [-0.25, -0.2) is 0 Å². The molecule has 0 unspecified atom stereocenters. The van der Waals surface area contributed by atoms with Crippen molar-refractivity contribution in [3.8, 4) is 0 Å². The summed E-state index contributed by atoms with van der Waals surface area (Å²) in [5, 5.41) is 3.03. The zero-order chi connectivity index (χ0) is 13.1. The maximum Gasteiger partial charge on any atom is 0.237 e. The lowest BCUT2D eigenvalue weighted by molar-refractivity contribution is -0.125. The Morgan fingerprint density at radius 1 is 1.19 bits per heavy atom. The molecule has 0 saturated carbocycles. The quantitative estimate of drug-likeness (QED) is 0.775. The normalized spacial score (nSPS) is 15.1. The monoisotopic (exact) mass is 228 g/mol. The third-order valence-corrected chi connectivity index (χ3v) is 2.45. The number of carbonyl (C=O) groups excluding carboxylic acids is 1. The number of rotatable bonds is 4. The average molecular weight is 228 g/mol. The van der Waals surface area contributed by atoms with Gasteiger partial charge in [-0.15, -0.1) is 0 Å². The fraction of sp³-hybridized carbons (Fsp3) is 0.923. The second-order valence-electron chi connectivity index (χ2n) is 6.88. The minimum atomic E-state index is -0.417. The Morgan fingerprint density at radius 2 is 1.62 bits per heavy atom. The molecule has 0 radical (unpaired) electrons. The van der Waals surface area contributed by atoms with Crippen molar-refractivity contribution in [3.63, 3.8) is 0 Å². The molecule has 0 bridgehead atoms. The molecule has 1 atom stereocenters. The van der Waals surface area contributed by atoms with Crippen molar-refractivity contribution in [3.05, 3.63) is 0 Å². The van der Waals surface area contributed by atoms with E-state index in [-0.39, 0.29) is 22.8 Å². The molecular formula is C13H28N2O. The summed E-state index contributed by atoms with van der Waals surface area (Å²) < 4.78 is 0. The van der Waals surface area contributed by atoms with Crippen molar-refractivity contribution in [2.24, 2.45) is 17.1 Å². The summed E-state index contributed by atoms with van der Waals surface area (Å²) in [7, 11) is 0. The number of nitrogens with one attached hydrogen (secondary N) is 1. The highest BCUT2D eigenvalue weighted by atomic mass is 16.2. The third kappa shape index (κ3) is 6.11. The first-order valence-electron chi connectivity index (χ1n) is 6.02. The van der Waals surface area contributed by atoms with Gasteiger partial charge >= 0.3 is 0 Å². The summed E-state index contributed by atoms with van der Waals surface area (Å²) in [6.07, 6.45) is 0.927. The van der Waals surface area contributed by atoms with Crippen molar-refractivity contribution in [2.75, 3.05) is 0 Å². The number of amides is 1. The van der Waals surface area contributed by atoms with Crippen molar-refractivity contribution >= 4 is 5.91 Å². The molecule has 0 aromatic heterocycles. The molecular weight excluding hydrogens is 200 g/mol. The number of hydrogen-bond acceptors (Lipinski definition) is 2. The van der Waals surface area contributed by atoms with E-state index in [1.165, 1.54) is 0 Å². The minimum absolute atomic E-state index is 0.0516. The Hall–Kier alpha value is -0.570. The van der Waals surface area contributed by atoms with E-state index in [4.69, 9.17) is 5.73 Å². The largest absolute Gasteiger partial charge is 0.350 e. The molecule has 0 heterocycles. The molecule has 16 heavy (non-hydrogen) atoms. The van der Waals surface area contributed by atoms with Gasteiger partial charge in [0.15, 0.2) is 0 Å². The maximum absolute atomic E-state index is 11.8. The first kappa shape index (κ1) is 15.4. The molecule has 0 saturated heterocycles. The smallest absolute Gasteiger partial charge is 0.237 e. The predicted molar refractivity (Wildman–Crippen MR) is 69.1 cm³/mol. The first-order chi connectivity index (χ1) is 6.94. The first-order valence-corrected chi connectivity index (χ1v) is 6.02. The Kier molecular flexibility index (Phi) is 4.99. The lowest BCUT2D eigenvalue weighted by Crippen LogP contribution is -2.53. The van der Waals surface area contributed by atoms with Gasteiger partial charge in [-0.2, -0.15) is 0 Å². The second-order valence-corrected chi connectivity index (χ2v) is 6.88. The van der Waals surface area contributed by atoms with E-state index in [1.54, 1.807) is 0 Å². The van der Waals surface area contributed by atoms with Crippen LogP contribution in [0.3, 0.4) is 0 Å². The van der Waals surface area contributed by atoms with E-state index < -0.39 is 6.04 Å². The molecule has 3 N–H and O–H groups in total. The molecule has 0 fully saturated rings. The van der Waals surface area contributed by atoms with E-state index in [2.05, 4.69) is 26.1 Å². The summed E-state index contributed by atoms with van der Waals surface area (Å²) in [6.45, 7) is 14.5. The molecule has 0 aromatic rings. The van der Waals surface area contributed by atoms with E-state index in [0.29, 0.717) is 0 Å². The standard InChI is InChI=1S/C13H28N2O/c1-9(2)10(14)11(16)15-13(6,7)8-12(3,4)5/h9-10H,8,14H2,1-7H3,(H,15,16)/t10-/m0/s1. The molecule has 0 rings (SSSR count).